The van der Waals surface area contributed by atoms with Crippen LogP contribution in [0.3, 0.4) is 0 Å². The number of carbonyl (C=O) groups excluding carboxylic acids is 1. The topological polar surface area (TPSA) is 74.8 Å². The van der Waals surface area contributed by atoms with Crippen LogP contribution >= 0.6 is 24.0 Å². The SMILES string of the molecule is CCNC(=O)COc1cccc(CN=C(NCC)NC2CC=CC2)c1.I. The van der Waals surface area contributed by atoms with Gasteiger partial charge in [-0.2, -0.15) is 0 Å². The summed E-state index contributed by atoms with van der Waals surface area (Å²) in [6.07, 6.45) is 6.45. The van der Waals surface area contributed by atoms with Crippen LogP contribution in [0.1, 0.15) is 32.3 Å². The Morgan fingerprint density at radius 2 is 1.92 bits per heavy atom. The van der Waals surface area contributed by atoms with E-state index in [-0.39, 0.29) is 36.5 Å². The van der Waals surface area contributed by atoms with E-state index in [0.717, 1.165) is 30.9 Å². The molecule has 144 valence electrons. The van der Waals surface area contributed by atoms with E-state index in [2.05, 4.69) is 40.0 Å². The van der Waals surface area contributed by atoms with Gasteiger partial charge in [0.05, 0.1) is 6.54 Å². The Labute approximate surface area is 172 Å². The molecule has 7 heteroatoms. The molecule has 1 amide bonds. The molecular formula is C19H29IN4O2. The van der Waals surface area contributed by atoms with E-state index >= 15 is 0 Å². The Bertz CT molecular complexity index is 611. The number of rotatable bonds is 8. The molecule has 1 aliphatic rings. The molecule has 0 aromatic heterocycles. The monoisotopic (exact) mass is 472 g/mol. The number of nitrogens with zero attached hydrogens (tertiary/aromatic N) is 1. The van der Waals surface area contributed by atoms with E-state index in [4.69, 9.17) is 4.74 Å². The molecule has 26 heavy (non-hydrogen) atoms. The molecule has 0 saturated carbocycles. The molecule has 0 bridgehead atoms. The molecule has 0 radical (unpaired) electrons. The van der Waals surface area contributed by atoms with Crippen molar-refractivity contribution in [1.29, 1.82) is 0 Å². The maximum atomic E-state index is 11.5. The normalized spacial score (nSPS) is 13.8. The molecule has 0 saturated heterocycles. The lowest BCUT2D eigenvalue weighted by Crippen LogP contribution is -2.42. The van der Waals surface area contributed by atoms with Crippen molar-refractivity contribution in [3.8, 4) is 5.75 Å². The first kappa shape index (κ1) is 22.3. The van der Waals surface area contributed by atoms with Gasteiger partial charge in [0.1, 0.15) is 5.75 Å². The Morgan fingerprint density at radius 1 is 1.19 bits per heavy atom. The van der Waals surface area contributed by atoms with Crippen molar-refractivity contribution in [2.75, 3.05) is 19.7 Å². The minimum atomic E-state index is -0.116. The second-order valence-corrected chi connectivity index (χ2v) is 5.87. The zero-order chi connectivity index (χ0) is 17.9. The van der Waals surface area contributed by atoms with Crippen molar-refractivity contribution >= 4 is 35.8 Å². The van der Waals surface area contributed by atoms with Crippen molar-refractivity contribution in [1.82, 2.24) is 16.0 Å². The number of aliphatic imine (C=N–C) groups is 1. The van der Waals surface area contributed by atoms with E-state index < -0.39 is 0 Å². The Balaban J connectivity index is 0.00000338. The highest BCUT2D eigenvalue weighted by atomic mass is 127. The molecule has 1 aromatic carbocycles. The highest BCUT2D eigenvalue weighted by molar-refractivity contribution is 14.0. The van der Waals surface area contributed by atoms with Crippen molar-refractivity contribution < 1.29 is 9.53 Å². The first-order valence-corrected chi connectivity index (χ1v) is 8.89. The van der Waals surface area contributed by atoms with Gasteiger partial charge < -0.3 is 20.7 Å². The van der Waals surface area contributed by atoms with Gasteiger partial charge in [0.2, 0.25) is 0 Å². The van der Waals surface area contributed by atoms with E-state index in [1.165, 1.54) is 0 Å². The average molecular weight is 472 g/mol. The first-order chi connectivity index (χ1) is 12.2. The van der Waals surface area contributed by atoms with Gasteiger partial charge in [0, 0.05) is 19.1 Å². The quantitative estimate of drug-likeness (QED) is 0.235. The van der Waals surface area contributed by atoms with E-state index in [0.29, 0.717) is 24.9 Å². The van der Waals surface area contributed by atoms with Crippen LogP contribution in [0.4, 0.5) is 0 Å². The van der Waals surface area contributed by atoms with Crippen molar-refractivity contribution in [2.45, 2.75) is 39.3 Å². The number of amides is 1. The summed E-state index contributed by atoms with van der Waals surface area (Å²) < 4.78 is 5.52. The van der Waals surface area contributed by atoms with Crippen LogP contribution in [0.2, 0.25) is 0 Å². The average Bonchev–Trinajstić information content (AvgIpc) is 3.12. The van der Waals surface area contributed by atoms with E-state index in [1.807, 2.05) is 31.2 Å². The number of nitrogens with one attached hydrogen (secondary N) is 3. The molecule has 6 nitrogen and oxygen atoms in total. The van der Waals surface area contributed by atoms with Gasteiger partial charge in [-0.3, -0.25) is 4.79 Å². The van der Waals surface area contributed by atoms with Crippen LogP contribution in [0.5, 0.6) is 5.75 Å². The van der Waals surface area contributed by atoms with Crippen LogP contribution in [0.25, 0.3) is 0 Å². The van der Waals surface area contributed by atoms with Crippen LogP contribution in [0.15, 0.2) is 41.4 Å². The number of hydrogen-bond donors (Lipinski definition) is 3. The molecule has 0 atom stereocenters. The highest BCUT2D eigenvalue weighted by Crippen LogP contribution is 2.14. The van der Waals surface area contributed by atoms with Gasteiger partial charge in [-0.05, 0) is 44.4 Å². The number of likely N-dealkylation sites (N-methyl/N-ethyl adjacent to an activating group) is 1. The maximum absolute atomic E-state index is 11.5. The lowest BCUT2D eigenvalue weighted by Gasteiger charge is -2.16. The summed E-state index contributed by atoms with van der Waals surface area (Å²) in [5.41, 5.74) is 1.04. The largest absolute Gasteiger partial charge is 0.484 e. The summed E-state index contributed by atoms with van der Waals surface area (Å²) in [6.45, 7) is 5.94. The fourth-order valence-corrected chi connectivity index (χ4v) is 2.55. The zero-order valence-electron chi connectivity index (χ0n) is 15.5. The van der Waals surface area contributed by atoms with Gasteiger partial charge in [0.25, 0.3) is 5.91 Å². The van der Waals surface area contributed by atoms with Gasteiger partial charge in [-0.15, -0.1) is 24.0 Å². The standard InChI is InChI=1S/C19H28N4O2.HI/c1-3-20-18(24)14-25-17-11-7-8-15(12-17)13-22-19(21-4-2)23-16-9-5-6-10-16;/h5-8,11-12,16H,3-4,9-10,13-14H2,1-2H3,(H,20,24)(H2,21,22,23);1H. The zero-order valence-corrected chi connectivity index (χ0v) is 17.8. The molecule has 0 unspecified atom stereocenters. The van der Waals surface area contributed by atoms with Gasteiger partial charge >= 0.3 is 0 Å². The van der Waals surface area contributed by atoms with Gasteiger partial charge in [-0.25, -0.2) is 4.99 Å². The summed E-state index contributed by atoms with van der Waals surface area (Å²) in [6, 6.07) is 8.11. The fourth-order valence-electron chi connectivity index (χ4n) is 2.55. The number of benzene rings is 1. The molecule has 0 spiro atoms. The molecule has 2 rings (SSSR count). The third kappa shape index (κ3) is 8.07. The summed E-state index contributed by atoms with van der Waals surface area (Å²) in [7, 11) is 0. The second-order valence-electron chi connectivity index (χ2n) is 5.87. The number of ether oxygens (including phenoxy) is 1. The number of halogens is 1. The van der Waals surface area contributed by atoms with Crippen molar-refractivity contribution in [2.24, 2.45) is 4.99 Å². The van der Waals surface area contributed by atoms with Gasteiger partial charge in [0.15, 0.2) is 12.6 Å². The molecule has 0 fully saturated rings. The Kier molecular flexibility index (Phi) is 10.8. The van der Waals surface area contributed by atoms with Gasteiger partial charge in [-0.1, -0.05) is 24.3 Å². The number of carbonyl (C=O) groups is 1. The summed E-state index contributed by atoms with van der Waals surface area (Å²) >= 11 is 0. The van der Waals surface area contributed by atoms with E-state index in [9.17, 15) is 4.79 Å². The minimum absolute atomic E-state index is 0. The smallest absolute Gasteiger partial charge is 0.257 e. The molecule has 1 aliphatic carbocycles. The summed E-state index contributed by atoms with van der Waals surface area (Å²) in [4.78, 5) is 16.1. The fraction of sp³-hybridized carbons (Fsp3) is 0.474. The molecule has 1 aromatic rings. The summed E-state index contributed by atoms with van der Waals surface area (Å²) in [5.74, 6) is 1.39. The molecule has 0 aliphatic heterocycles. The van der Waals surface area contributed by atoms with Crippen LogP contribution in [-0.4, -0.2) is 37.6 Å². The predicted molar refractivity (Wildman–Crippen MR) is 116 cm³/mol. The lowest BCUT2D eigenvalue weighted by atomic mass is 10.2. The summed E-state index contributed by atoms with van der Waals surface area (Å²) in [5, 5.41) is 9.43. The molecular weight excluding hydrogens is 443 g/mol. The van der Waals surface area contributed by atoms with Crippen LogP contribution in [-0.2, 0) is 11.3 Å². The lowest BCUT2D eigenvalue weighted by molar-refractivity contribution is -0.122. The number of hydrogen-bond acceptors (Lipinski definition) is 3. The maximum Gasteiger partial charge on any atom is 0.257 e. The number of guanidine groups is 1. The third-order valence-corrected chi connectivity index (χ3v) is 3.75. The molecule has 3 N–H and O–H groups in total. The first-order valence-electron chi connectivity index (χ1n) is 8.89. The van der Waals surface area contributed by atoms with E-state index in [1.54, 1.807) is 0 Å². The Hall–Kier alpha value is -1.77. The van der Waals surface area contributed by atoms with Crippen LogP contribution in [0, 0.1) is 0 Å². The third-order valence-electron chi connectivity index (χ3n) is 3.75. The second kappa shape index (κ2) is 12.6. The van der Waals surface area contributed by atoms with Crippen molar-refractivity contribution in [3.05, 3.63) is 42.0 Å². The van der Waals surface area contributed by atoms with Crippen molar-refractivity contribution in [3.63, 3.8) is 0 Å². The molecule has 0 heterocycles. The highest BCUT2D eigenvalue weighted by Gasteiger charge is 2.11. The predicted octanol–water partition coefficient (Wildman–Crippen LogP) is 2.59. The minimum Gasteiger partial charge on any atom is -0.484 e. The Morgan fingerprint density at radius 3 is 2.62 bits per heavy atom. The van der Waals surface area contributed by atoms with Crippen LogP contribution < -0.4 is 20.7 Å².